The van der Waals surface area contributed by atoms with E-state index in [2.05, 4.69) is 73.9 Å². The lowest BCUT2D eigenvalue weighted by Gasteiger charge is -2.26. The van der Waals surface area contributed by atoms with E-state index in [1.807, 2.05) is 24.3 Å². The van der Waals surface area contributed by atoms with Gasteiger partial charge >= 0.3 is 5.97 Å². The Hall–Kier alpha value is -3.51. The molecule has 0 amide bonds. The van der Waals surface area contributed by atoms with Crippen LogP contribution in [0.5, 0.6) is 5.75 Å². The molecule has 0 spiro atoms. The van der Waals surface area contributed by atoms with Gasteiger partial charge in [0.05, 0.1) is 7.11 Å². The van der Waals surface area contributed by atoms with E-state index in [0.29, 0.717) is 5.75 Å². The van der Waals surface area contributed by atoms with Crippen LogP contribution in [0.2, 0.25) is 0 Å². The molecular formula is C31H34O3. The summed E-state index contributed by atoms with van der Waals surface area (Å²) in [6.45, 7) is 4.44. The van der Waals surface area contributed by atoms with Gasteiger partial charge in [0.2, 0.25) is 0 Å². The van der Waals surface area contributed by atoms with Crippen LogP contribution in [0.1, 0.15) is 49.7 Å². The number of terminal acetylenes is 1. The summed E-state index contributed by atoms with van der Waals surface area (Å²) in [6.07, 6.45) is 13.3. The maximum Gasteiger partial charge on any atom is 0.343 e. The third kappa shape index (κ3) is 6.29. The number of ether oxygens (including phenoxy) is 2. The number of esters is 1. The van der Waals surface area contributed by atoms with Gasteiger partial charge < -0.3 is 9.47 Å². The Labute approximate surface area is 204 Å². The normalized spacial score (nSPS) is 17.2. The first-order chi connectivity index (χ1) is 16.5. The smallest absolute Gasteiger partial charge is 0.343 e. The Kier molecular flexibility index (Phi) is 8.93. The fraction of sp³-hybridized carbons (Fsp3) is 0.323. The van der Waals surface area contributed by atoms with Crippen molar-refractivity contribution in [1.29, 1.82) is 0 Å². The zero-order valence-electron chi connectivity index (χ0n) is 20.4. The van der Waals surface area contributed by atoms with Crippen molar-refractivity contribution < 1.29 is 14.3 Å². The minimum Gasteiger partial charge on any atom is -0.482 e. The zero-order valence-corrected chi connectivity index (χ0v) is 20.4. The van der Waals surface area contributed by atoms with Crippen molar-refractivity contribution in [3.63, 3.8) is 0 Å². The number of rotatable bonds is 6. The van der Waals surface area contributed by atoms with Gasteiger partial charge in [-0.15, -0.1) is 12.8 Å². The molecule has 1 saturated carbocycles. The molecule has 0 heterocycles. The molecule has 0 aliphatic heterocycles. The number of hydrogen-bond acceptors (Lipinski definition) is 3. The van der Waals surface area contributed by atoms with Crippen LogP contribution < -0.4 is 4.74 Å². The van der Waals surface area contributed by atoms with Gasteiger partial charge in [0.25, 0.3) is 0 Å². The molecule has 34 heavy (non-hydrogen) atoms. The van der Waals surface area contributed by atoms with Crippen LogP contribution in [0.3, 0.4) is 0 Å². The molecule has 0 aromatic heterocycles. The Morgan fingerprint density at radius 3 is 2.03 bits per heavy atom. The summed E-state index contributed by atoms with van der Waals surface area (Å²) in [5.74, 6) is 1.88. The lowest BCUT2D eigenvalue weighted by molar-refractivity contribution is -0.142. The predicted octanol–water partition coefficient (Wildman–Crippen LogP) is 7.42. The minimum absolute atomic E-state index is 0.0811. The highest BCUT2D eigenvalue weighted by Gasteiger charge is 2.19. The fourth-order valence-corrected chi connectivity index (χ4v) is 4.64. The average molecular weight is 455 g/mol. The summed E-state index contributed by atoms with van der Waals surface area (Å²) in [7, 11) is 1.35. The molecule has 3 aromatic carbocycles. The predicted molar refractivity (Wildman–Crippen MR) is 140 cm³/mol. The van der Waals surface area contributed by atoms with Crippen LogP contribution in [0.15, 0.2) is 66.7 Å². The molecule has 3 aromatic rings. The first-order valence-corrected chi connectivity index (χ1v) is 11.9. The van der Waals surface area contributed by atoms with Gasteiger partial charge in [-0.25, -0.2) is 4.79 Å². The number of methoxy groups -OCH3 is 1. The van der Waals surface area contributed by atoms with Crippen molar-refractivity contribution in [1.82, 2.24) is 0 Å². The zero-order chi connectivity index (χ0) is 24.5. The Morgan fingerprint density at radius 2 is 1.44 bits per heavy atom. The average Bonchev–Trinajstić information content (AvgIpc) is 2.89. The number of hydrogen-bond donors (Lipinski definition) is 0. The fourth-order valence-electron chi connectivity index (χ4n) is 4.64. The minimum atomic E-state index is -0.387. The van der Waals surface area contributed by atoms with Gasteiger partial charge in [-0.2, -0.15) is 0 Å². The SMILES string of the molecule is C#C.COC(=O)COc1ccc(-c2ccc(-c3ccc(C4CCC(C)CC4)cc3)cc2C)cc1. The molecule has 1 aliphatic rings. The van der Waals surface area contributed by atoms with Crippen molar-refractivity contribution in [3.05, 3.63) is 77.9 Å². The van der Waals surface area contributed by atoms with E-state index in [9.17, 15) is 4.79 Å². The van der Waals surface area contributed by atoms with Gasteiger partial charge in [-0.05, 0) is 77.1 Å². The van der Waals surface area contributed by atoms with Crippen LogP contribution in [-0.2, 0) is 9.53 Å². The van der Waals surface area contributed by atoms with E-state index in [1.54, 1.807) is 0 Å². The van der Waals surface area contributed by atoms with Crippen molar-refractivity contribution >= 4 is 5.97 Å². The van der Waals surface area contributed by atoms with E-state index in [-0.39, 0.29) is 12.6 Å². The summed E-state index contributed by atoms with van der Waals surface area (Å²) in [4.78, 5) is 11.2. The molecule has 176 valence electrons. The molecule has 3 nitrogen and oxygen atoms in total. The molecule has 0 bridgehead atoms. The topological polar surface area (TPSA) is 35.5 Å². The van der Waals surface area contributed by atoms with Crippen LogP contribution in [-0.4, -0.2) is 19.7 Å². The first kappa shape index (κ1) is 25.1. The lowest BCUT2D eigenvalue weighted by Crippen LogP contribution is -2.12. The number of benzene rings is 3. The highest BCUT2D eigenvalue weighted by atomic mass is 16.6. The number of carbonyl (C=O) groups is 1. The third-order valence-corrected chi connectivity index (χ3v) is 6.71. The van der Waals surface area contributed by atoms with Crippen LogP contribution in [0.25, 0.3) is 22.3 Å². The second-order valence-corrected chi connectivity index (χ2v) is 9.00. The van der Waals surface area contributed by atoms with Gasteiger partial charge in [0.15, 0.2) is 6.61 Å². The standard InChI is InChI=1S/C29H32O3.C2H2/c1-20-4-6-22(7-5-20)23-8-10-24(11-9-23)26-14-17-28(21(2)18-26)25-12-15-27(16-13-25)32-19-29(30)31-3;1-2/h8-18,20,22H,4-7,19H2,1-3H3;1-2H. The molecule has 4 rings (SSSR count). The van der Waals surface area contributed by atoms with Crippen LogP contribution in [0, 0.1) is 25.7 Å². The van der Waals surface area contributed by atoms with Crippen molar-refractivity contribution in [3.8, 4) is 40.9 Å². The Balaban J connectivity index is 0.00000158. The largest absolute Gasteiger partial charge is 0.482 e. The van der Waals surface area contributed by atoms with E-state index in [4.69, 9.17) is 4.74 Å². The van der Waals surface area contributed by atoms with Gasteiger partial charge in [0, 0.05) is 0 Å². The molecule has 1 aliphatic carbocycles. The highest BCUT2D eigenvalue weighted by Crippen LogP contribution is 2.36. The lowest BCUT2D eigenvalue weighted by atomic mass is 9.79. The van der Waals surface area contributed by atoms with Crippen molar-refractivity contribution in [2.45, 2.75) is 45.4 Å². The Morgan fingerprint density at radius 1 is 0.853 bits per heavy atom. The molecule has 0 N–H and O–H groups in total. The van der Waals surface area contributed by atoms with Crippen LogP contribution >= 0.6 is 0 Å². The summed E-state index contributed by atoms with van der Waals surface area (Å²) in [5, 5.41) is 0. The molecule has 3 heteroatoms. The quantitative estimate of drug-likeness (QED) is 0.287. The van der Waals surface area contributed by atoms with Gasteiger partial charge in [-0.1, -0.05) is 74.4 Å². The Bertz CT molecular complexity index is 1090. The monoisotopic (exact) mass is 454 g/mol. The van der Waals surface area contributed by atoms with Crippen LogP contribution in [0.4, 0.5) is 0 Å². The molecule has 0 radical (unpaired) electrons. The number of aryl methyl sites for hydroxylation is 1. The summed E-state index contributed by atoms with van der Waals surface area (Å²) >= 11 is 0. The molecule has 0 atom stereocenters. The van der Waals surface area contributed by atoms with Gasteiger partial charge in [-0.3, -0.25) is 0 Å². The van der Waals surface area contributed by atoms with E-state index in [0.717, 1.165) is 17.4 Å². The molecule has 0 unspecified atom stereocenters. The second kappa shape index (κ2) is 12.1. The molecular weight excluding hydrogens is 420 g/mol. The summed E-state index contributed by atoms with van der Waals surface area (Å²) in [5.41, 5.74) is 7.55. The summed E-state index contributed by atoms with van der Waals surface area (Å²) in [6, 6.07) is 23.7. The maximum absolute atomic E-state index is 11.2. The van der Waals surface area contributed by atoms with E-state index >= 15 is 0 Å². The maximum atomic E-state index is 11.2. The second-order valence-electron chi connectivity index (χ2n) is 9.00. The van der Waals surface area contributed by atoms with Crippen molar-refractivity contribution in [2.24, 2.45) is 5.92 Å². The summed E-state index contributed by atoms with van der Waals surface area (Å²) < 4.78 is 10.0. The van der Waals surface area contributed by atoms with E-state index < -0.39 is 0 Å². The van der Waals surface area contributed by atoms with E-state index in [1.165, 1.54) is 60.6 Å². The van der Waals surface area contributed by atoms with Gasteiger partial charge in [0.1, 0.15) is 5.75 Å². The first-order valence-electron chi connectivity index (χ1n) is 11.9. The number of carbonyl (C=O) groups excluding carboxylic acids is 1. The molecule has 1 fully saturated rings. The third-order valence-electron chi connectivity index (χ3n) is 6.71. The molecule has 0 saturated heterocycles. The highest BCUT2D eigenvalue weighted by molar-refractivity contribution is 5.74. The van der Waals surface area contributed by atoms with Crippen molar-refractivity contribution in [2.75, 3.05) is 13.7 Å².